The maximum atomic E-state index is 12.4. The Hall–Kier alpha value is -1.32. The first-order chi connectivity index (χ1) is 9.68. The predicted molar refractivity (Wildman–Crippen MR) is 77.2 cm³/mol. The van der Waals surface area contributed by atoms with E-state index in [1.54, 1.807) is 0 Å². The minimum atomic E-state index is -0.854. The zero-order valence-electron chi connectivity index (χ0n) is 12.0. The molecule has 20 heavy (non-hydrogen) atoms. The van der Waals surface area contributed by atoms with E-state index in [9.17, 15) is 14.7 Å². The third kappa shape index (κ3) is 4.09. The molecule has 4 heteroatoms. The van der Waals surface area contributed by atoms with Crippen molar-refractivity contribution in [3.8, 4) is 0 Å². The molecular formula is C16H25NO3. The van der Waals surface area contributed by atoms with E-state index in [1.165, 1.54) is 19.3 Å². The van der Waals surface area contributed by atoms with Gasteiger partial charge in [0.2, 0.25) is 5.91 Å². The summed E-state index contributed by atoms with van der Waals surface area (Å²) in [4.78, 5) is 23.6. The van der Waals surface area contributed by atoms with Crippen LogP contribution in [0.1, 0.15) is 57.8 Å². The molecule has 0 saturated heterocycles. The Morgan fingerprint density at radius 1 is 0.900 bits per heavy atom. The van der Waals surface area contributed by atoms with Crippen molar-refractivity contribution in [2.75, 3.05) is 0 Å². The molecule has 0 radical (unpaired) electrons. The van der Waals surface area contributed by atoms with Crippen molar-refractivity contribution in [3.05, 3.63) is 12.2 Å². The molecule has 0 aromatic carbocycles. The monoisotopic (exact) mass is 279 g/mol. The summed E-state index contributed by atoms with van der Waals surface area (Å²) >= 11 is 0. The number of nitrogens with one attached hydrogen (secondary N) is 1. The minimum Gasteiger partial charge on any atom is -0.481 e. The molecule has 0 spiro atoms. The smallest absolute Gasteiger partial charge is 0.307 e. The van der Waals surface area contributed by atoms with Gasteiger partial charge >= 0.3 is 5.97 Å². The lowest BCUT2D eigenvalue weighted by atomic mass is 9.82. The van der Waals surface area contributed by atoms with Gasteiger partial charge in [-0.15, -0.1) is 0 Å². The summed E-state index contributed by atoms with van der Waals surface area (Å²) < 4.78 is 0. The van der Waals surface area contributed by atoms with Crippen molar-refractivity contribution >= 4 is 11.9 Å². The molecule has 2 aliphatic carbocycles. The summed E-state index contributed by atoms with van der Waals surface area (Å²) in [6.45, 7) is 0. The molecule has 0 aliphatic heterocycles. The zero-order chi connectivity index (χ0) is 14.4. The van der Waals surface area contributed by atoms with Crippen LogP contribution in [-0.4, -0.2) is 23.0 Å². The van der Waals surface area contributed by atoms with Crippen LogP contribution in [0, 0.1) is 11.8 Å². The summed E-state index contributed by atoms with van der Waals surface area (Å²) in [5.74, 6) is -1.88. The Bertz CT molecular complexity index is 370. The molecule has 1 amide bonds. The number of carbonyl (C=O) groups is 2. The van der Waals surface area contributed by atoms with Crippen LogP contribution in [0.4, 0.5) is 0 Å². The van der Waals surface area contributed by atoms with Gasteiger partial charge < -0.3 is 10.4 Å². The number of amides is 1. The molecule has 0 heterocycles. The summed E-state index contributed by atoms with van der Waals surface area (Å²) in [5.41, 5.74) is 0. The molecule has 0 aromatic rings. The molecule has 2 unspecified atom stereocenters. The highest BCUT2D eigenvalue weighted by Crippen LogP contribution is 2.27. The van der Waals surface area contributed by atoms with Gasteiger partial charge in [-0.2, -0.15) is 0 Å². The fraction of sp³-hybridized carbons (Fsp3) is 0.750. The van der Waals surface area contributed by atoms with Crippen LogP contribution in [-0.2, 0) is 9.59 Å². The number of carboxylic acid groups (broad SMARTS) is 1. The first kappa shape index (κ1) is 15.1. The average Bonchev–Trinajstić information content (AvgIpc) is 2.41. The Balaban J connectivity index is 1.91. The molecule has 4 nitrogen and oxygen atoms in total. The van der Waals surface area contributed by atoms with E-state index in [-0.39, 0.29) is 11.9 Å². The second-order valence-electron chi connectivity index (χ2n) is 6.04. The van der Waals surface area contributed by atoms with Gasteiger partial charge in [0.1, 0.15) is 0 Å². The lowest BCUT2D eigenvalue weighted by Gasteiger charge is -2.28. The molecule has 2 rings (SSSR count). The van der Waals surface area contributed by atoms with E-state index >= 15 is 0 Å². The molecule has 1 fully saturated rings. The van der Waals surface area contributed by atoms with Crippen molar-refractivity contribution in [1.29, 1.82) is 0 Å². The third-order valence-electron chi connectivity index (χ3n) is 4.54. The van der Waals surface area contributed by atoms with Gasteiger partial charge in [0.15, 0.2) is 0 Å². The Morgan fingerprint density at radius 3 is 2.05 bits per heavy atom. The summed E-state index contributed by atoms with van der Waals surface area (Å²) in [7, 11) is 0. The van der Waals surface area contributed by atoms with Gasteiger partial charge in [-0.3, -0.25) is 9.59 Å². The van der Waals surface area contributed by atoms with Gasteiger partial charge in [-0.25, -0.2) is 0 Å². The molecule has 2 aliphatic rings. The third-order valence-corrected chi connectivity index (χ3v) is 4.54. The first-order valence-corrected chi connectivity index (χ1v) is 7.86. The molecule has 112 valence electrons. The highest BCUT2D eigenvalue weighted by Gasteiger charge is 2.34. The second-order valence-corrected chi connectivity index (χ2v) is 6.04. The van der Waals surface area contributed by atoms with Crippen molar-refractivity contribution < 1.29 is 14.7 Å². The molecule has 2 atom stereocenters. The van der Waals surface area contributed by atoms with Crippen LogP contribution < -0.4 is 5.32 Å². The van der Waals surface area contributed by atoms with Gasteiger partial charge in [-0.05, 0) is 25.7 Å². The SMILES string of the molecule is O=C(O)C1CC=CCC1C(=O)NC1CCCCCCC1. The Kier molecular flexibility index (Phi) is 5.62. The predicted octanol–water partition coefficient (Wildman–Crippen LogP) is 2.88. The number of allylic oxidation sites excluding steroid dienone is 2. The van der Waals surface area contributed by atoms with E-state index in [0.29, 0.717) is 12.8 Å². The van der Waals surface area contributed by atoms with Crippen LogP contribution in [0.25, 0.3) is 0 Å². The van der Waals surface area contributed by atoms with Crippen LogP contribution in [0.5, 0.6) is 0 Å². The molecule has 0 aromatic heterocycles. The van der Waals surface area contributed by atoms with E-state index in [2.05, 4.69) is 5.32 Å². The quantitative estimate of drug-likeness (QED) is 0.781. The van der Waals surface area contributed by atoms with E-state index < -0.39 is 17.8 Å². The summed E-state index contributed by atoms with van der Waals surface area (Å²) in [6, 6.07) is 0.239. The summed E-state index contributed by atoms with van der Waals surface area (Å²) in [6.07, 6.45) is 13.0. The molecule has 2 N–H and O–H groups in total. The zero-order valence-corrected chi connectivity index (χ0v) is 12.0. The van der Waals surface area contributed by atoms with Gasteiger partial charge in [0.05, 0.1) is 11.8 Å². The number of hydrogen-bond acceptors (Lipinski definition) is 2. The van der Waals surface area contributed by atoms with Crippen molar-refractivity contribution in [1.82, 2.24) is 5.32 Å². The topological polar surface area (TPSA) is 66.4 Å². The number of aliphatic carboxylic acids is 1. The van der Waals surface area contributed by atoms with E-state index in [4.69, 9.17) is 0 Å². The number of carbonyl (C=O) groups excluding carboxylic acids is 1. The highest BCUT2D eigenvalue weighted by molar-refractivity contribution is 5.85. The highest BCUT2D eigenvalue weighted by atomic mass is 16.4. The average molecular weight is 279 g/mol. The maximum Gasteiger partial charge on any atom is 0.307 e. The number of rotatable bonds is 3. The normalized spacial score (nSPS) is 28.4. The lowest BCUT2D eigenvalue weighted by molar-refractivity contribution is -0.147. The molecule has 1 saturated carbocycles. The number of carboxylic acids is 1. The van der Waals surface area contributed by atoms with E-state index in [1.807, 2.05) is 12.2 Å². The van der Waals surface area contributed by atoms with Crippen molar-refractivity contribution in [3.63, 3.8) is 0 Å². The largest absolute Gasteiger partial charge is 0.481 e. The molecular weight excluding hydrogens is 254 g/mol. The van der Waals surface area contributed by atoms with Gasteiger partial charge in [0.25, 0.3) is 0 Å². The lowest BCUT2D eigenvalue weighted by Crippen LogP contribution is -2.43. The van der Waals surface area contributed by atoms with Crippen molar-refractivity contribution in [2.24, 2.45) is 11.8 Å². The Labute approximate surface area is 120 Å². The standard InChI is InChI=1S/C16H25NO3/c18-15(13-10-6-7-11-14(13)16(19)20)17-12-8-4-2-1-3-5-9-12/h6-7,12-14H,1-5,8-11H2,(H,17,18)(H,19,20). The van der Waals surface area contributed by atoms with Crippen LogP contribution in [0.2, 0.25) is 0 Å². The first-order valence-electron chi connectivity index (χ1n) is 7.86. The fourth-order valence-corrected chi connectivity index (χ4v) is 3.29. The summed E-state index contributed by atoms with van der Waals surface area (Å²) in [5, 5.41) is 12.3. The van der Waals surface area contributed by atoms with Gasteiger partial charge in [0, 0.05) is 6.04 Å². The van der Waals surface area contributed by atoms with Crippen LogP contribution in [0.3, 0.4) is 0 Å². The van der Waals surface area contributed by atoms with Crippen molar-refractivity contribution in [2.45, 2.75) is 63.8 Å². The van der Waals surface area contributed by atoms with Crippen LogP contribution in [0.15, 0.2) is 12.2 Å². The van der Waals surface area contributed by atoms with E-state index in [0.717, 1.165) is 25.7 Å². The van der Waals surface area contributed by atoms with Crippen LogP contribution >= 0.6 is 0 Å². The molecule has 0 bridgehead atoms. The minimum absolute atomic E-state index is 0.0627. The Morgan fingerprint density at radius 2 is 1.45 bits per heavy atom. The maximum absolute atomic E-state index is 12.4. The second kappa shape index (κ2) is 7.46. The fourth-order valence-electron chi connectivity index (χ4n) is 3.29. The van der Waals surface area contributed by atoms with Gasteiger partial charge in [-0.1, -0.05) is 44.3 Å². The number of hydrogen-bond donors (Lipinski definition) is 2.